The van der Waals surface area contributed by atoms with Crippen LogP contribution in [0.25, 0.3) is 0 Å². The third-order valence-corrected chi connectivity index (χ3v) is 5.82. The van der Waals surface area contributed by atoms with Gasteiger partial charge in [0.1, 0.15) is 0 Å². The van der Waals surface area contributed by atoms with Gasteiger partial charge in [-0.2, -0.15) is 0 Å². The minimum Gasteiger partial charge on any atom is -0.356 e. The Morgan fingerprint density at radius 1 is 1.32 bits per heavy atom. The molecule has 3 rings (SSSR count). The average molecular weight is 402 g/mol. The summed E-state index contributed by atoms with van der Waals surface area (Å²) in [5, 5.41) is 4.34. The van der Waals surface area contributed by atoms with Crippen LogP contribution in [0.3, 0.4) is 0 Å². The number of nitrogens with one attached hydrogen (secondary N) is 1. The molecule has 1 N–H and O–H groups in total. The lowest BCUT2D eigenvalue weighted by molar-refractivity contribution is 0.255. The molecule has 1 aromatic heterocycles. The molecule has 0 bridgehead atoms. The Balaban J connectivity index is 1.50. The van der Waals surface area contributed by atoms with Gasteiger partial charge in [-0.15, -0.1) is 0 Å². The summed E-state index contributed by atoms with van der Waals surface area (Å²) in [6.07, 6.45) is 3.15. The Kier molecular flexibility index (Phi) is 7.03. The summed E-state index contributed by atoms with van der Waals surface area (Å²) in [6.45, 7) is 6.20. The first-order valence-electron chi connectivity index (χ1n) is 9.96. The van der Waals surface area contributed by atoms with E-state index in [0.29, 0.717) is 12.0 Å². The highest BCUT2D eigenvalue weighted by Crippen LogP contribution is 2.24. The van der Waals surface area contributed by atoms with Crippen molar-refractivity contribution in [3.8, 4) is 0 Å². The predicted octanol–water partition coefficient (Wildman–Crippen LogP) is 3.60. The maximum absolute atomic E-state index is 6.11. The Bertz CT molecular complexity index is 785. The normalized spacial score (nSPS) is 20.5. The van der Waals surface area contributed by atoms with E-state index in [1.165, 1.54) is 17.7 Å². The maximum atomic E-state index is 6.11. The Hall–Kier alpha value is -1.98. The van der Waals surface area contributed by atoms with Crippen LogP contribution in [0.4, 0.5) is 0 Å². The number of hydrogen-bond donors (Lipinski definition) is 1. The van der Waals surface area contributed by atoms with Gasteiger partial charge < -0.3 is 14.8 Å². The third kappa shape index (κ3) is 5.30. The van der Waals surface area contributed by atoms with E-state index in [9.17, 15) is 0 Å². The molecule has 0 spiro atoms. The number of hydrogen-bond acceptors (Lipinski definition) is 2. The number of aliphatic imine (C=N–C) groups is 1. The number of benzene rings is 1. The number of halogens is 1. The van der Waals surface area contributed by atoms with Gasteiger partial charge in [-0.1, -0.05) is 41.9 Å². The van der Waals surface area contributed by atoms with Crippen LogP contribution in [0.1, 0.15) is 24.6 Å². The summed E-state index contributed by atoms with van der Waals surface area (Å²) in [6, 6.07) is 13.4. The van der Waals surface area contributed by atoms with Crippen molar-refractivity contribution >= 4 is 17.6 Å². The fourth-order valence-electron chi connectivity index (χ4n) is 4.07. The van der Waals surface area contributed by atoms with Crippen molar-refractivity contribution in [1.29, 1.82) is 0 Å². The van der Waals surface area contributed by atoms with Gasteiger partial charge in [-0.3, -0.25) is 9.89 Å². The van der Waals surface area contributed by atoms with Crippen LogP contribution in [-0.2, 0) is 20.1 Å². The number of guanidine groups is 1. The zero-order valence-electron chi connectivity index (χ0n) is 17.4. The van der Waals surface area contributed by atoms with E-state index < -0.39 is 0 Å². The predicted molar refractivity (Wildman–Crippen MR) is 118 cm³/mol. The average Bonchev–Trinajstić information content (AvgIpc) is 3.17. The number of likely N-dealkylation sites (tertiary alicyclic amines) is 1. The lowest BCUT2D eigenvalue weighted by Crippen LogP contribution is -2.41. The SMILES string of the molecule is CN=C(NCC1CC(C)N(Cc2ccccc2)C1)N(C)Cc1cc(Cl)cn1C. The van der Waals surface area contributed by atoms with Crippen LogP contribution in [0.15, 0.2) is 47.6 Å². The van der Waals surface area contributed by atoms with E-state index in [1.807, 2.05) is 26.4 Å². The second kappa shape index (κ2) is 9.48. The molecule has 2 aromatic rings. The molecule has 5 nitrogen and oxygen atoms in total. The summed E-state index contributed by atoms with van der Waals surface area (Å²) in [5.74, 6) is 1.56. The molecule has 0 saturated carbocycles. The van der Waals surface area contributed by atoms with E-state index in [-0.39, 0.29) is 0 Å². The molecule has 28 heavy (non-hydrogen) atoms. The number of nitrogens with zero attached hydrogens (tertiary/aromatic N) is 4. The molecule has 1 saturated heterocycles. The molecular formula is C22H32ClN5. The topological polar surface area (TPSA) is 35.8 Å². The highest BCUT2D eigenvalue weighted by molar-refractivity contribution is 6.30. The van der Waals surface area contributed by atoms with Crippen molar-refractivity contribution in [2.75, 3.05) is 27.2 Å². The Morgan fingerprint density at radius 3 is 2.71 bits per heavy atom. The summed E-state index contributed by atoms with van der Waals surface area (Å²) in [5.41, 5.74) is 2.55. The van der Waals surface area contributed by atoms with E-state index in [4.69, 9.17) is 11.6 Å². The standard InChI is InChI=1S/C22H32ClN5/c1-17-10-19(14-28(17)13-18-8-6-5-7-9-18)12-25-22(24-2)27(4)16-21-11-20(23)15-26(21)3/h5-9,11,15,17,19H,10,12-14,16H2,1-4H3,(H,24,25). The molecule has 1 aromatic carbocycles. The minimum atomic E-state index is 0.609. The van der Waals surface area contributed by atoms with Gasteiger partial charge in [0.2, 0.25) is 0 Å². The lowest BCUT2D eigenvalue weighted by atomic mass is 10.1. The van der Waals surface area contributed by atoms with Gasteiger partial charge in [-0.05, 0) is 30.9 Å². The van der Waals surface area contributed by atoms with E-state index in [0.717, 1.165) is 37.2 Å². The quantitative estimate of drug-likeness (QED) is 0.593. The zero-order valence-corrected chi connectivity index (χ0v) is 18.2. The van der Waals surface area contributed by atoms with Crippen LogP contribution < -0.4 is 5.32 Å². The van der Waals surface area contributed by atoms with Crippen LogP contribution in [-0.4, -0.2) is 53.6 Å². The van der Waals surface area contributed by atoms with Crippen LogP contribution in [0.5, 0.6) is 0 Å². The number of aromatic nitrogens is 1. The van der Waals surface area contributed by atoms with Gasteiger partial charge in [-0.25, -0.2) is 0 Å². The van der Waals surface area contributed by atoms with E-state index in [1.54, 1.807) is 0 Å². The van der Waals surface area contributed by atoms with Crippen molar-refractivity contribution in [2.24, 2.45) is 18.0 Å². The molecule has 2 atom stereocenters. The van der Waals surface area contributed by atoms with Crippen molar-refractivity contribution in [3.05, 3.63) is 58.9 Å². The van der Waals surface area contributed by atoms with Crippen LogP contribution >= 0.6 is 11.6 Å². The summed E-state index contributed by atoms with van der Waals surface area (Å²) in [4.78, 5) is 9.19. The van der Waals surface area contributed by atoms with Crippen molar-refractivity contribution < 1.29 is 0 Å². The summed E-state index contributed by atoms with van der Waals surface area (Å²) in [7, 11) is 5.93. The Labute approximate surface area is 174 Å². The van der Waals surface area contributed by atoms with Gasteiger partial charge >= 0.3 is 0 Å². The molecule has 0 aliphatic carbocycles. The van der Waals surface area contributed by atoms with Crippen molar-refractivity contribution in [2.45, 2.75) is 32.5 Å². The molecule has 2 unspecified atom stereocenters. The highest BCUT2D eigenvalue weighted by Gasteiger charge is 2.29. The monoisotopic (exact) mass is 401 g/mol. The number of aryl methyl sites for hydroxylation is 1. The molecule has 152 valence electrons. The molecule has 2 heterocycles. The molecule has 6 heteroatoms. The number of rotatable bonds is 6. The molecular weight excluding hydrogens is 370 g/mol. The van der Waals surface area contributed by atoms with Gasteiger partial charge in [0.15, 0.2) is 5.96 Å². The minimum absolute atomic E-state index is 0.609. The molecule has 1 aliphatic rings. The van der Waals surface area contributed by atoms with E-state index in [2.05, 4.69) is 69.0 Å². The molecule has 0 amide bonds. The third-order valence-electron chi connectivity index (χ3n) is 5.61. The lowest BCUT2D eigenvalue weighted by Gasteiger charge is -2.24. The molecule has 1 aliphatic heterocycles. The summed E-state index contributed by atoms with van der Waals surface area (Å²) >= 11 is 6.11. The van der Waals surface area contributed by atoms with E-state index >= 15 is 0 Å². The first kappa shape index (κ1) is 20.7. The van der Waals surface area contributed by atoms with Crippen LogP contribution in [0.2, 0.25) is 5.02 Å². The summed E-state index contributed by atoms with van der Waals surface area (Å²) < 4.78 is 2.06. The largest absolute Gasteiger partial charge is 0.356 e. The fourth-order valence-corrected chi connectivity index (χ4v) is 4.34. The smallest absolute Gasteiger partial charge is 0.193 e. The first-order valence-corrected chi connectivity index (χ1v) is 10.3. The second-order valence-corrected chi connectivity index (χ2v) is 8.35. The zero-order chi connectivity index (χ0) is 20.1. The van der Waals surface area contributed by atoms with Crippen LogP contribution in [0, 0.1) is 5.92 Å². The molecule has 1 fully saturated rings. The van der Waals surface area contributed by atoms with Crippen molar-refractivity contribution in [3.63, 3.8) is 0 Å². The maximum Gasteiger partial charge on any atom is 0.193 e. The highest BCUT2D eigenvalue weighted by atomic mass is 35.5. The second-order valence-electron chi connectivity index (χ2n) is 7.91. The molecule has 0 radical (unpaired) electrons. The van der Waals surface area contributed by atoms with Gasteiger partial charge in [0, 0.05) is 58.7 Å². The van der Waals surface area contributed by atoms with Gasteiger partial charge in [0.25, 0.3) is 0 Å². The Morgan fingerprint density at radius 2 is 2.07 bits per heavy atom. The van der Waals surface area contributed by atoms with Gasteiger partial charge in [0.05, 0.1) is 11.6 Å². The van der Waals surface area contributed by atoms with Crippen molar-refractivity contribution in [1.82, 2.24) is 19.7 Å². The fraction of sp³-hybridized carbons (Fsp3) is 0.500. The first-order chi connectivity index (χ1) is 13.5.